The van der Waals surface area contributed by atoms with E-state index in [1.165, 1.54) is 11.3 Å². The Bertz CT molecular complexity index is 693. The van der Waals surface area contributed by atoms with E-state index in [9.17, 15) is 9.59 Å². The van der Waals surface area contributed by atoms with Crippen molar-refractivity contribution in [2.45, 2.75) is 6.92 Å². The zero-order chi connectivity index (χ0) is 16.9. The van der Waals surface area contributed by atoms with Crippen molar-refractivity contribution in [2.24, 2.45) is 0 Å². The monoisotopic (exact) mass is 365 g/mol. The molecular weight excluding hydrogens is 346 g/mol. The smallest absolute Gasteiger partial charge is 0.267 e. The average Bonchev–Trinajstić information content (AvgIpc) is 3.26. The number of hydrogen-bond donors (Lipinski definition) is 1. The van der Waals surface area contributed by atoms with Gasteiger partial charge in [-0.2, -0.15) is 11.3 Å². The van der Waals surface area contributed by atoms with Gasteiger partial charge < -0.3 is 10.2 Å². The summed E-state index contributed by atoms with van der Waals surface area (Å²) in [7, 11) is 0. The Hall–Kier alpha value is -1.84. The van der Waals surface area contributed by atoms with Crippen LogP contribution in [0.15, 0.2) is 16.8 Å². The number of piperazine rings is 1. The number of nitrogens with zero attached hydrogens (tertiary/aromatic N) is 4. The summed E-state index contributed by atoms with van der Waals surface area (Å²) in [4.78, 5) is 29.0. The quantitative estimate of drug-likeness (QED) is 0.858. The van der Waals surface area contributed by atoms with E-state index in [2.05, 4.69) is 19.8 Å². The maximum absolute atomic E-state index is 12.4. The first-order valence-corrected chi connectivity index (χ1v) is 9.48. The molecule has 2 aromatic heterocycles. The molecule has 0 unspecified atom stereocenters. The summed E-state index contributed by atoms with van der Waals surface area (Å²) in [5.41, 5.74) is 1.41. The Balaban J connectivity index is 1.40. The molecule has 3 heterocycles. The molecule has 1 N–H and O–H groups in total. The van der Waals surface area contributed by atoms with E-state index in [-0.39, 0.29) is 11.8 Å². The minimum atomic E-state index is -0.0294. The maximum Gasteiger partial charge on any atom is 0.267 e. The van der Waals surface area contributed by atoms with E-state index in [0.29, 0.717) is 35.8 Å². The fraction of sp³-hybridized carbons (Fsp3) is 0.467. The van der Waals surface area contributed by atoms with Crippen molar-refractivity contribution >= 4 is 34.7 Å². The number of thiophene rings is 1. The van der Waals surface area contributed by atoms with Crippen LogP contribution >= 0.6 is 22.9 Å². The Morgan fingerprint density at radius 2 is 2.08 bits per heavy atom. The van der Waals surface area contributed by atoms with Crippen LogP contribution in [-0.2, 0) is 0 Å². The van der Waals surface area contributed by atoms with Gasteiger partial charge in [0, 0.05) is 50.2 Å². The molecule has 1 aliphatic heterocycles. The molecule has 0 bridgehead atoms. The zero-order valence-corrected chi connectivity index (χ0v) is 15.0. The van der Waals surface area contributed by atoms with Crippen LogP contribution in [0.5, 0.6) is 0 Å². The number of hydrogen-bond acceptors (Lipinski definition) is 7. The summed E-state index contributed by atoms with van der Waals surface area (Å²) in [5, 5.41) is 10.6. The van der Waals surface area contributed by atoms with Gasteiger partial charge in [0.05, 0.1) is 5.69 Å². The first kappa shape index (κ1) is 17.0. The fourth-order valence-electron chi connectivity index (χ4n) is 2.57. The third-order valence-corrected chi connectivity index (χ3v) is 5.50. The molecule has 128 valence electrons. The summed E-state index contributed by atoms with van der Waals surface area (Å²) in [6.45, 7) is 6.21. The Kier molecular flexibility index (Phi) is 5.54. The molecule has 2 aromatic rings. The molecule has 3 rings (SSSR count). The second-order valence-corrected chi connectivity index (χ2v) is 7.12. The Morgan fingerprint density at radius 3 is 2.71 bits per heavy atom. The normalized spacial score (nSPS) is 15.5. The van der Waals surface area contributed by atoms with Crippen molar-refractivity contribution in [3.63, 3.8) is 0 Å². The van der Waals surface area contributed by atoms with Gasteiger partial charge in [0.25, 0.3) is 11.8 Å². The van der Waals surface area contributed by atoms with E-state index in [4.69, 9.17) is 0 Å². The molecule has 9 heteroatoms. The zero-order valence-electron chi connectivity index (χ0n) is 13.4. The van der Waals surface area contributed by atoms with Crippen molar-refractivity contribution in [3.8, 4) is 0 Å². The highest BCUT2D eigenvalue weighted by molar-refractivity contribution is 7.08. The van der Waals surface area contributed by atoms with Gasteiger partial charge in [-0.1, -0.05) is 4.49 Å². The minimum absolute atomic E-state index is 0.0212. The number of amides is 2. The fourth-order valence-corrected chi connectivity index (χ4v) is 3.83. The predicted octanol–water partition coefficient (Wildman–Crippen LogP) is 1.10. The van der Waals surface area contributed by atoms with E-state index in [1.807, 2.05) is 28.7 Å². The maximum atomic E-state index is 12.4. The summed E-state index contributed by atoms with van der Waals surface area (Å²) >= 11 is 2.67. The first-order valence-electron chi connectivity index (χ1n) is 7.76. The number of rotatable bonds is 5. The largest absolute Gasteiger partial charge is 0.351 e. The van der Waals surface area contributed by atoms with Gasteiger partial charge in [-0.15, -0.1) is 5.10 Å². The van der Waals surface area contributed by atoms with E-state index in [1.54, 1.807) is 0 Å². The molecule has 1 aliphatic rings. The van der Waals surface area contributed by atoms with Gasteiger partial charge in [-0.25, -0.2) is 0 Å². The van der Waals surface area contributed by atoms with Crippen LogP contribution in [0.4, 0.5) is 0 Å². The highest BCUT2D eigenvalue weighted by Crippen LogP contribution is 2.14. The molecule has 0 radical (unpaired) electrons. The standard InChI is InChI=1S/C15H19N5O2S2/c1-11-13(24-18-17-11)15(22)20-7-5-19(6-8-20)4-3-16-14(21)12-2-9-23-10-12/h2,9-10H,3-8H2,1H3,(H,16,21). The van der Waals surface area contributed by atoms with Gasteiger partial charge in [-0.05, 0) is 29.9 Å². The first-order chi connectivity index (χ1) is 11.6. The SMILES string of the molecule is Cc1nnsc1C(=O)N1CCN(CCNC(=O)c2ccsc2)CC1. The molecule has 1 fully saturated rings. The van der Waals surface area contributed by atoms with Gasteiger partial charge in [0.1, 0.15) is 4.88 Å². The van der Waals surface area contributed by atoms with Crippen molar-refractivity contribution < 1.29 is 9.59 Å². The number of aryl methyl sites for hydroxylation is 1. The molecule has 24 heavy (non-hydrogen) atoms. The van der Waals surface area contributed by atoms with Gasteiger partial charge in [-0.3, -0.25) is 14.5 Å². The van der Waals surface area contributed by atoms with Crippen LogP contribution in [0, 0.1) is 6.92 Å². The van der Waals surface area contributed by atoms with Crippen LogP contribution in [0.3, 0.4) is 0 Å². The lowest BCUT2D eigenvalue weighted by Crippen LogP contribution is -2.50. The number of carbonyl (C=O) groups excluding carboxylic acids is 2. The number of aromatic nitrogens is 2. The average molecular weight is 365 g/mol. The molecule has 0 aromatic carbocycles. The van der Waals surface area contributed by atoms with Crippen LogP contribution in [0.25, 0.3) is 0 Å². The van der Waals surface area contributed by atoms with E-state index >= 15 is 0 Å². The van der Waals surface area contributed by atoms with Crippen molar-refractivity contribution in [1.29, 1.82) is 0 Å². The third-order valence-electron chi connectivity index (χ3n) is 4.00. The third kappa shape index (κ3) is 3.97. The molecular formula is C15H19N5O2S2. The van der Waals surface area contributed by atoms with Crippen LogP contribution < -0.4 is 5.32 Å². The predicted molar refractivity (Wildman–Crippen MR) is 93.6 cm³/mol. The van der Waals surface area contributed by atoms with Crippen molar-refractivity contribution in [3.05, 3.63) is 33.0 Å². The summed E-state index contributed by atoms with van der Waals surface area (Å²) in [5.74, 6) is -0.00820. The van der Waals surface area contributed by atoms with Crippen LogP contribution in [0.2, 0.25) is 0 Å². The molecule has 1 saturated heterocycles. The molecule has 2 amide bonds. The second-order valence-electron chi connectivity index (χ2n) is 5.59. The van der Waals surface area contributed by atoms with E-state index in [0.717, 1.165) is 31.2 Å². The lowest BCUT2D eigenvalue weighted by molar-refractivity contribution is 0.0642. The lowest BCUT2D eigenvalue weighted by atomic mass is 10.2. The van der Waals surface area contributed by atoms with Crippen LogP contribution in [0.1, 0.15) is 25.7 Å². The molecule has 0 spiro atoms. The summed E-state index contributed by atoms with van der Waals surface area (Å²) in [6.07, 6.45) is 0. The highest BCUT2D eigenvalue weighted by atomic mass is 32.1. The van der Waals surface area contributed by atoms with Crippen molar-refractivity contribution in [1.82, 2.24) is 24.7 Å². The molecule has 0 atom stereocenters. The van der Waals surface area contributed by atoms with Gasteiger partial charge in [0.2, 0.25) is 0 Å². The second kappa shape index (κ2) is 7.82. The minimum Gasteiger partial charge on any atom is -0.351 e. The molecule has 7 nitrogen and oxygen atoms in total. The van der Waals surface area contributed by atoms with Crippen LogP contribution in [-0.4, -0.2) is 70.5 Å². The topological polar surface area (TPSA) is 78.4 Å². The summed E-state index contributed by atoms with van der Waals surface area (Å²) < 4.78 is 3.82. The number of carbonyl (C=O) groups is 2. The number of nitrogens with one attached hydrogen (secondary N) is 1. The summed E-state index contributed by atoms with van der Waals surface area (Å²) in [6, 6.07) is 1.82. The Labute approximate surface area is 148 Å². The van der Waals surface area contributed by atoms with E-state index < -0.39 is 0 Å². The Morgan fingerprint density at radius 1 is 1.29 bits per heavy atom. The van der Waals surface area contributed by atoms with Gasteiger partial charge in [0.15, 0.2) is 0 Å². The molecule has 0 aliphatic carbocycles. The van der Waals surface area contributed by atoms with Gasteiger partial charge >= 0.3 is 0 Å². The van der Waals surface area contributed by atoms with Crippen molar-refractivity contribution in [2.75, 3.05) is 39.3 Å². The highest BCUT2D eigenvalue weighted by Gasteiger charge is 2.24. The lowest BCUT2D eigenvalue weighted by Gasteiger charge is -2.34. The molecule has 0 saturated carbocycles.